The summed E-state index contributed by atoms with van der Waals surface area (Å²) in [6.07, 6.45) is 4.13. The summed E-state index contributed by atoms with van der Waals surface area (Å²) >= 11 is 3.41. The Morgan fingerprint density at radius 2 is 1.86 bits per heavy atom. The van der Waals surface area contributed by atoms with Crippen molar-refractivity contribution >= 4 is 26.0 Å². The van der Waals surface area contributed by atoms with E-state index < -0.39 is 10.0 Å². The number of hydrogen-bond acceptors (Lipinski definition) is 2. The van der Waals surface area contributed by atoms with E-state index in [0.717, 1.165) is 25.7 Å². The van der Waals surface area contributed by atoms with Crippen molar-refractivity contribution in [2.75, 3.05) is 5.33 Å². The Bertz CT molecular complexity index is 281. The zero-order valence-electron chi connectivity index (χ0n) is 8.72. The SMILES string of the molecule is CC(C)S(=O)(=O)NC1(CBr)CCCC1. The van der Waals surface area contributed by atoms with Crippen LogP contribution in [0.2, 0.25) is 0 Å². The number of alkyl halides is 1. The largest absolute Gasteiger partial charge is 0.214 e. The number of hydrogen-bond donors (Lipinski definition) is 1. The van der Waals surface area contributed by atoms with Gasteiger partial charge in [-0.1, -0.05) is 28.8 Å². The van der Waals surface area contributed by atoms with Crippen molar-refractivity contribution < 1.29 is 8.42 Å². The lowest BCUT2D eigenvalue weighted by Gasteiger charge is -2.28. The highest BCUT2D eigenvalue weighted by atomic mass is 79.9. The molecule has 0 bridgehead atoms. The highest BCUT2D eigenvalue weighted by molar-refractivity contribution is 9.09. The summed E-state index contributed by atoms with van der Waals surface area (Å²) in [5.41, 5.74) is -0.219. The minimum absolute atomic E-state index is 0.219. The maximum absolute atomic E-state index is 11.7. The van der Waals surface area contributed by atoms with Gasteiger partial charge in [-0.2, -0.15) is 0 Å². The average Bonchev–Trinajstić information content (AvgIpc) is 2.53. The van der Waals surface area contributed by atoms with Crippen molar-refractivity contribution in [3.8, 4) is 0 Å². The predicted molar refractivity (Wildman–Crippen MR) is 62.2 cm³/mol. The third-order valence-corrected chi connectivity index (χ3v) is 5.83. The second-order valence-corrected chi connectivity index (χ2v) is 7.11. The van der Waals surface area contributed by atoms with Gasteiger partial charge in [-0.3, -0.25) is 0 Å². The lowest BCUT2D eigenvalue weighted by Crippen LogP contribution is -2.49. The molecule has 0 atom stereocenters. The molecular weight excluding hydrogens is 266 g/mol. The van der Waals surface area contributed by atoms with Crippen LogP contribution in [0.1, 0.15) is 39.5 Å². The fourth-order valence-corrected chi connectivity index (χ4v) is 3.74. The van der Waals surface area contributed by atoms with Gasteiger partial charge in [0.2, 0.25) is 10.0 Å². The van der Waals surface area contributed by atoms with Gasteiger partial charge in [-0.05, 0) is 26.7 Å². The van der Waals surface area contributed by atoms with E-state index in [4.69, 9.17) is 0 Å². The van der Waals surface area contributed by atoms with Crippen LogP contribution in [0, 0.1) is 0 Å². The third kappa shape index (κ3) is 2.70. The molecule has 1 aliphatic rings. The molecule has 0 aromatic carbocycles. The van der Waals surface area contributed by atoms with Crippen LogP contribution in [0.4, 0.5) is 0 Å². The van der Waals surface area contributed by atoms with E-state index in [1.165, 1.54) is 0 Å². The monoisotopic (exact) mass is 283 g/mol. The van der Waals surface area contributed by atoms with Crippen LogP contribution in [0.25, 0.3) is 0 Å². The summed E-state index contributed by atoms with van der Waals surface area (Å²) in [5.74, 6) is 0. The van der Waals surface area contributed by atoms with Crippen LogP contribution >= 0.6 is 15.9 Å². The van der Waals surface area contributed by atoms with Crippen LogP contribution in [0.15, 0.2) is 0 Å². The Kier molecular flexibility index (Phi) is 4.00. The van der Waals surface area contributed by atoms with Crippen molar-refractivity contribution in [2.45, 2.75) is 50.3 Å². The van der Waals surface area contributed by atoms with Gasteiger partial charge in [0.15, 0.2) is 0 Å². The molecule has 0 aromatic rings. The third-order valence-electron chi connectivity index (χ3n) is 2.80. The zero-order chi connectivity index (χ0) is 10.8. The van der Waals surface area contributed by atoms with Crippen molar-refractivity contribution in [3.05, 3.63) is 0 Å². The molecule has 0 heterocycles. The molecule has 3 nitrogen and oxygen atoms in total. The fourth-order valence-electron chi connectivity index (χ4n) is 1.73. The smallest absolute Gasteiger partial charge is 0.212 e. The van der Waals surface area contributed by atoms with Crippen LogP contribution in [-0.2, 0) is 10.0 Å². The first-order chi connectivity index (χ1) is 6.42. The summed E-state index contributed by atoms with van der Waals surface area (Å²) in [5, 5.41) is 0.366. The van der Waals surface area contributed by atoms with Gasteiger partial charge in [0, 0.05) is 10.9 Å². The highest BCUT2D eigenvalue weighted by Crippen LogP contribution is 2.32. The maximum Gasteiger partial charge on any atom is 0.214 e. The van der Waals surface area contributed by atoms with Crippen molar-refractivity contribution in [1.29, 1.82) is 0 Å². The first kappa shape index (κ1) is 12.5. The molecule has 84 valence electrons. The lowest BCUT2D eigenvalue weighted by atomic mass is 10.0. The molecule has 0 amide bonds. The predicted octanol–water partition coefficient (Wildman–Crippen LogP) is 2.02. The minimum atomic E-state index is -3.13. The summed E-state index contributed by atoms with van der Waals surface area (Å²) in [4.78, 5) is 0. The number of rotatable bonds is 4. The topological polar surface area (TPSA) is 46.2 Å². The molecular formula is C9H18BrNO2S. The van der Waals surface area contributed by atoms with Gasteiger partial charge in [0.05, 0.1) is 5.25 Å². The van der Waals surface area contributed by atoms with Crippen molar-refractivity contribution in [3.63, 3.8) is 0 Å². The van der Waals surface area contributed by atoms with Gasteiger partial charge < -0.3 is 0 Å². The Hall–Kier alpha value is 0.390. The van der Waals surface area contributed by atoms with Gasteiger partial charge in [-0.25, -0.2) is 13.1 Å². The van der Waals surface area contributed by atoms with E-state index in [1.54, 1.807) is 13.8 Å². The van der Waals surface area contributed by atoms with E-state index in [1.807, 2.05) is 0 Å². The standard InChI is InChI=1S/C9H18BrNO2S/c1-8(2)14(12,13)11-9(7-10)5-3-4-6-9/h8,11H,3-7H2,1-2H3. The van der Waals surface area contributed by atoms with Crippen LogP contribution in [-0.4, -0.2) is 24.5 Å². The number of halogens is 1. The summed E-state index contributed by atoms with van der Waals surface area (Å²) < 4.78 is 26.3. The summed E-state index contributed by atoms with van der Waals surface area (Å²) in [7, 11) is -3.13. The zero-order valence-corrected chi connectivity index (χ0v) is 11.1. The molecule has 0 saturated heterocycles. The Labute approximate surface area is 94.8 Å². The number of sulfonamides is 1. The van der Waals surface area contributed by atoms with E-state index in [2.05, 4.69) is 20.7 Å². The van der Waals surface area contributed by atoms with Gasteiger partial charge in [-0.15, -0.1) is 0 Å². The molecule has 1 fully saturated rings. The molecule has 0 unspecified atom stereocenters. The average molecular weight is 284 g/mol. The molecule has 14 heavy (non-hydrogen) atoms. The first-order valence-electron chi connectivity index (χ1n) is 5.01. The van der Waals surface area contributed by atoms with Crippen molar-refractivity contribution in [1.82, 2.24) is 4.72 Å². The van der Waals surface area contributed by atoms with E-state index in [-0.39, 0.29) is 10.8 Å². The van der Waals surface area contributed by atoms with E-state index >= 15 is 0 Å². The van der Waals surface area contributed by atoms with E-state index in [9.17, 15) is 8.42 Å². The summed E-state index contributed by atoms with van der Waals surface area (Å²) in [6, 6.07) is 0. The van der Waals surface area contributed by atoms with Crippen LogP contribution in [0.3, 0.4) is 0 Å². The molecule has 5 heteroatoms. The molecule has 0 aliphatic heterocycles. The molecule has 0 aromatic heterocycles. The lowest BCUT2D eigenvalue weighted by molar-refractivity contribution is 0.435. The fraction of sp³-hybridized carbons (Fsp3) is 1.00. The number of nitrogens with one attached hydrogen (secondary N) is 1. The molecule has 1 aliphatic carbocycles. The second kappa shape index (κ2) is 4.49. The Balaban J connectivity index is 2.75. The highest BCUT2D eigenvalue weighted by Gasteiger charge is 2.37. The molecule has 1 N–H and O–H groups in total. The quantitative estimate of drug-likeness (QED) is 0.803. The van der Waals surface area contributed by atoms with Crippen molar-refractivity contribution in [2.24, 2.45) is 0 Å². The Morgan fingerprint density at radius 3 is 2.21 bits per heavy atom. The van der Waals surface area contributed by atoms with Gasteiger partial charge in [0.1, 0.15) is 0 Å². The Morgan fingerprint density at radius 1 is 1.36 bits per heavy atom. The first-order valence-corrected chi connectivity index (χ1v) is 7.67. The summed E-state index contributed by atoms with van der Waals surface area (Å²) in [6.45, 7) is 3.42. The van der Waals surface area contributed by atoms with Gasteiger partial charge >= 0.3 is 0 Å². The molecule has 0 radical (unpaired) electrons. The molecule has 1 saturated carbocycles. The second-order valence-electron chi connectivity index (χ2n) is 4.32. The minimum Gasteiger partial charge on any atom is -0.212 e. The normalized spacial score (nSPS) is 21.7. The molecule has 0 spiro atoms. The van der Waals surface area contributed by atoms with Gasteiger partial charge in [0.25, 0.3) is 0 Å². The van der Waals surface area contributed by atoms with E-state index in [0.29, 0.717) is 5.33 Å². The van der Waals surface area contributed by atoms with Crippen LogP contribution < -0.4 is 4.72 Å². The molecule has 1 rings (SSSR count). The maximum atomic E-state index is 11.7. The van der Waals surface area contributed by atoms with Crippen LogP contribution in [0.5, 0.6) is 0 Å².